The summed E-state index contributed by atoms with van der Waals surface area (Å²) in [5, 5.41) is 4.39. The Morgan fingerprint density at radius 1 is 0.967 bits per heavy atom. The standard InChI is InChI=1S/C22H24N8/c1-16-10-20(30-21(27-16)25-15-26-30)29-9-5-22(14-29)4-8-28(13-22)12-17-2-3-18-19(11-17)24-7-6-23-18/h2-3,6-7,10-11,15H,4-5,8-9,12-14H2,1H3. The number of hydrogen-bond acceptors (Lipinski definition) is 7. The van der Waals surface area contributed by atoms with Crippen LogP contribution >= 0.6 is 0 Å². The third-order valence-electron chi connectivity index (χ3n) is 6.58. The smallest absolute Gasteiger partial charge is 0.254 e. The van der Waals surface area contributed by atoms with Crippen LogP contribution in [0.2, 0.25) is 0 Å². The average Bonchev–Trinajstić information content (AvgIpc) is 3.48. The predicted molar refractivity (Wildman–Crippen MR) is 114 cm³/mol. The van der Waals surface area contributed by atoms with Crippen LogP contribution in [0.4, 0.5) is 5.82 Å². The average molecular weight is 400 g/mol. The lowest BCUT2D eigenvalue weighted by molar-refractivity contribution is 0.270. The van der Waals surface area contributed by atoms with Gasteiger partial charge in [-0.1, -0.05) is 6.07 Å². The zero-order valence-electron chi connectivity index (χ0n) is 17.1. The fourth-order valence-corrected chi connectivity index (χ4v) is 5.13. The molecular weight excluding hydrogens is 376 g/mol. The van der Waals surface area contributed by atoms with Crippen LogP contribution in [-0.4, -0.2) is 60.6 Å². The lowest BCUT2D eigenvalue weighted by Crippen LogP contribution is -2.31. The molecule has 1 unspecified atom stereocenters. The van der Waals surface area contributed by atoms with Crippen LogP contribution in [0.1, 0.15) is 24.1 Å². The van der Waals surface area contributed by atoms with E-state index in [1.165, 1.54) is 18.4 Å². The van der Waals surface area contributed by atoms with Gasteiger partial charge in [0, 0.05) is 55.7 Å². The minimum Gasteiger partial charge on any atom is -0.356 e. The van der Waals surface area contributed by atoms with Gasteiger partial charge < -0.3 is 4.90 Å². The molecule has 2 fully saturated rings. The summed E-state index contributed by atoms with van der Waals surface area (Å²) in [5.41, 5.74) is 4.57. The number of aromatic nitrogens is 6. The van der Waals surface area contributed by atoms with Crippen molar-refractivity contribution < 1.29 is 0 Å². The summed E-state index contributed by atoms with van der Waals surface area (Å²) in [7, 11) is 0. The molecule has 30 heavy (non-hydrogen) atoms. The number of fused-ring (bicyclic) bond motifs is 2. The van der Waals surface area contributed by atoms with E-state index in [1.807, 2.05) is 11.4 Å². The molecule has 0 N–H and O–H groups in total. The quantitative estimate of drug-likeness (QED) is 0.523. The summed E-state index contributed by atoms with van der Waals surface area (Å²) in [4.78, 5) is 22.6. The van der Waals surface area contributed by atoms with E-state index in [4.69, 9.17) is 0 Å². The first-order chi connectivity index (χ1) is 14.7. The molecule has 1 spiro atoms. The minimum absolute atomic E-state index is 0.348. The topological polar surface area (TPSA) is 75.3 Å². The first-order valence-electron chi connectivity index (χ1n) is 10.5. The van der Waals surface area contributed by atoms with Crippen molar-refractivity contribution in [3.05, 3.63) is 54.2 Å². The molecule has 0 amide bonds. The lowest BCUT2D eigenvalue weighted by atomic mass is 9.86. The largest absolute Gasteiger partial charge is 0.356 e. The summed E-state index contributed by atoms with van der Waals surface area (Å²) in [6.45, 7) is 7.38. The molecule has 2 saturated heterocycles. The second kappa shape index (κ2) is 6.70. The highest BCUT2D eigenvalue weighted by Gasteiger charge is 2.44. The van der Waals surface area contributed by atoms with Crippen LogP contribution in [0.15, 0.2) is 43.0 Å². The van der Waals surface area contributed by atoms with Crippen molar-refractivity contribution in [2.45, 2.75) is 26.3 Å². The Hall–Kier alpha value is -3.13. The van der Waals surface area contributed by atoms with Crippen molar-refractivity contribution in [3.8, 4) is 0 Å². The van der Waals surface area contributed by atoms with Gasteiger partial charge in [-0.25, -0.2) is 4.98 Å². The Kier molecular flexibility index (Phi) is 3.95. The van der Waals surface area contributed by atoms with Gasteiger partial charge in [0.1, 0.15) is 12.1 Å². The Labute approximate surface area is 174 Å². The van der Waals surface area contributed by atoms with E-state index in [0.29, 0.717) is 11.2 Å². The van der Waals surface area contributed by atoms with Crippen LogP contribution in [0.25, 0.3) is 16.8 Å². The molecule has 4 aromatic rings. The van der Waals surface area contributed by atoms with Gasteiger partial charge in [-0.2, -0.15) is 14.6 Å². The Balaban J connectivity index is 1.19. The third-order valence-corrected chi connectivity index (χ3v) is 6.58. The van der Waals surface area contributed by atoms with Gasteiger partial charge in [0.05, 0.1) is 11.0 Å². The van der Waals surface area contributed by atoms with Crippen LogP contribution in [0, 0.1) is 12.3 Å². The second-order valence-corrected chi connectivity index (χ2v) is 8.74. The van der Waals surface area contributed by atoms with Gasteiger partial charge in [-0.15, -0.1) is 0 Å². The molecule has 5 heterocycles. The molecule has 8 nitrogen and oxygen atoms in total. The van der Waals surface area contributed by atoms with E-state index >= 15 is 0 Å². The predicted octanol–water partition coefficient (Wildman–Crippen LogP) is 2.48. The Morgan fingerprint density at radius 2 is 1.83 bits per heavy atom. The summed E-state index contributed by atoms with van der Waals surface area (Å²) in [6, 6.07) is 8.57. The van der Waals surface area contributed by atoms with E-state index < -0.39 is 0 Å². The Bertz CT molecular complexity index is 1230. The monoisotopic (exact) mass is 400 g/mol. The van der Waals surface area contributed by atoms with Crippen molar-refractivity contribution in [3.63, 3.8) is 0 Å². The summed E-state index contributed by atoms with van der Waals surface area (Å²) >= 11 is 0. The molecule has 0 bridgehead atoms. The van der Waals surface area contributed by atoms with Gasteiger partial charge in [0.2, 0.25) is 0 Å². The minimum atomic E-state index is 0.348. The zero-order valence-corrected chi connectivity index (χ0v) is 17.1. The van der Waals surface area contributed by atoms with Gasteiger partial charge in [0.25, 0.3) is 5.78 Å². The lowest BCUT2D eigenvalue weighted by Gasteiger charge is -2.26. The van der Waals surface area contributed by atoms with Crippen LogP contribution in [-0.2, 0) is 6.54 Å². The van der Waals surface area contributed by atoms with E-state index in [0.717, 1.165) is 55.3 Å². The number of nitrogens with zero attached hydrogens (tertiary/aromatic N) is 8. The van der Waals surface area contributed by atoms with Gasteiger partial charge >= 0.3 is 0 Å². The number of aryl methyl sites for hydroxylation is 1. The number of hydrogen-bond donors (Lipinski definition) is 0. The molecule has 2 aliphatic heterocycles. The SMILES string of the molecule is Cc1cc(N2CCC3(CCN(Cc4ccc5nccnc5c4)C3)C2)n2ncnc2n1. The summed E-state index contributed by atoms with van der Waals surface area (Å²) < 4.78 is 1.87. The maximum atomic E-state index is 4.48. The van der Waals surface area contributed by atoms with E-state index in [1.54, 1.807) is 18.7 Å². The molecule has 152 valence electrons. The Morgan fingerprint density at radius 3 is 2.77 bits per heavy atom. The molecule has 0 saturated carbocycles. The van der Waals surface area contributed by atoms with E-state index in [2.05, 4.69) is 59.1 Å². The van der Waals surface area contributed by atoms with Crippen LogP contribution in [0.5, 0.6) is 0 Å². The molecular formula is C22H24N8. The normalized spacial score (nSPS) is 22.1. The van der Waals surface area contributed by atoms with Crippen molar-refractivity contribution in [2.24, 2.45) is 5.41 Å². The van der Waals surface area contributed by atoms with Gasteiger partial charge in [-0.3, -0.25) is 14.9 Å². The molecule has 8 heteroatoms. The highest BCUT2D eigenvalue weighted by molar-refractivity contribution is 5.74. The zero-order chi connectivity index (χ0) is 20.1. The fourth-order valence-electron chi connectivity index (χ4n) is 5.13. The highest BCUT2D eigenvalue weighted by Crippen LogP contribution is 2.41. The molecule has 1 aromatic carbocycles. The third kappa shape index (κ3) is 2.99. The molecule has 0 radical (unpaired) electrons. The number of rotatable bonds is 3. The molecule has 3 aromatic heterocycles. The van der Waals surface area contributed by atoms with E-state index in [9.17, 15) is 0 Å². The summed E-state index contributed by atoms with van der Waals surface area (Å²) in [5.74, 6) is 1.79. The fraction of sp³-hybridized carbons (Fsp3) is 0.409. The molecule has 6 rings (SSSR count). The van der Waals surface area contributed by atoms with Crippen molar-refractivity contribution in [1.82, 2.24) is 34.4 Å². The van der Waals surface area contributed by atoms with Crippen molar-refractivity contribution in [1.29, 1.82) is 0 Å². The molecule has 1 atom stereocenters. The van der Waals surface area contributed by atoms with Gasteiger partial charge in [0.15, 0.2) is 0 Å². The van der Waals surface area contributed by atoms with Crippen molar-refractivity contribution in [2.75, 3.05) is 31.1 Å². The number of likely N-dealkylation sites (tertiary alicyclic amines) is 1. The number of benzene rings is 1. The highest BCUT2D eigenvalue weighted by atomic mass is 15.4. The van der Waals surface area contributed by atoms with E-state index in [-0.39, 0.29) is 0 Å². The maximum absolute atomic E-state index is 4.48. The summed E-state index contributed by atoms with van der Waals surface area (Å²) in [6.07, 6.45) is 7.54. The number of anilines is 1. The van der Waals surface area contributed by atoms with Crippen LogP contribution in [0.3, 0.4) is 0 Å². The first kappa shape index (κ1) is 17.7. The first-order valence-corrected chi connectivity index (χ1v) is 10.5. The molecule has 2 aliphatic rings. The van der Waals surface area contributed by atoms with Crippen LogP contribution < -0.4 is 4.90 Å². The maximum Gasteiger partial charge on any atom is 0.254 e. The van der Waals surface area contributed by atoms with Gasteiger partial charge in [-0.05, 0) is 44.0 Å². The molecule has 0 aliphatic carbocycles. The van der Waals surface area contributed by atoms with Crippen molar-refractivity contribution >= 4 is 22.6 Å². The second-order valence-electron chi connectivity index (χ2n) is 8.74.